The van der Waals surface area contributed by atoms with Crippen LogP contribution in [-0.2, 0) is 9.47 Å². The van der Waals surface area contributed by atoms with Crippen LogP contribution < -0.4 is 0 Å². The average molecular weight is 224 g/mol. The van der Waals surface area contributed by atoms with Crippen LogP contribution in [0.2, 0.25) is 0 Å². The van der Waals surface area contributed by atoms with Crippen molar-refractivity contribution in [2.24, 2.45) is 5.41 Å². The van der Waals surface area contributed by atoms with E-state index < -0.39 is 0 Å². The first-order valence-electron chi connectivity index (χ1n) is 6.57. The lowest BCUT2D eigenvalue weighted by molar-refractivity contribution is -0.0476. The third-order valence-electron chi connectivity index (χ3n) is 3.69. The van der Waals surface area contributed by atoms with Gasteiger partial charge in [0.25, 0.3) is 0 Å². The summed E-state index contributed by atoms with van der Waals surface area (Å²) < 4.78 is 10.9. The molecule has 0 atom stereocenters. The first-order valence-corrected chi connectivity index (χ1v) is 6.57. The maximum Gasteiger partial charge on any atom is 0.157 e. The van der Waals surface area contributed by atoms with Crippen LogP contribution in [0.1, 0.15) is 52.4 Å². The maximum absolute atomic E-state index is 5.43. The van der Waals surface area contributed by atoms with E-state index in [1.807, 2.05) is 0 Å². The SMILES string of the molecule is CC1(C)CC=C(CCCC2OCCO2)CC1. The molecule has 0 aromatic carbocycles. The number of rotatable bonds is 4. The monoisotopic (exact) mass is 224 g/mol. The molecule has 2 aliphatic rings. The molecule has 0 radical (unpaired) electrons. The zero-order valence-electron chi connectivity index (χ0n) is 10.6. The Labute approximate surface area is 99.0 Å². The summed E-state index contributed by atoms with van der Waals surface area (Å²) in [6.45, 7) is 6.28. The molecule has 0 saturated carbocycles. The minimum absolute atomic E-state index is 0.0839. The van der Waals surface area contributed by atoms with Crippen LogP contribution >= 0.6 is 0 Å². The van der Waals surface area contributed by atoms with Crippen LogP contribution in [0.15, 0.2) is 11.6 Å². The Morgan fingerprint density at radius 2 is 2.06 bits per heavy atom. The standard InChI is InChI=1S/C14H24O2/c1-14(2)8-6-12(7-9-14)4-3-5-13-15-10-11-16-13/h6,13H,3-5,7-11H2,1-2H3. The molecule has 1 saturated heterocycles. The van der Waals surface area contributed by atoms with E-state index in [0.717, 1.165) is 19.6 Å². The van der Waals surface area contributed by atoms with Crippen LogP contribution in [0.4, 0.5) is 0 Å². The molecule has 0 bridgehead atoms. The lowest BCUT2D eigenvalue weighted by atomic mass is 9.77. The fourth-order valence-corrected chi connectivity index (χ4v) is 2.42. The third-order valence-corrected chi connectivity index (χ3v) is 3.69. The average Bonchev–Trinajstić information content (AvgIpc) is 2.73. The van der Waals surface area contributed by atoms with Gasteiger partial charge in [0.05, 0.1) is 13.2 Å². The Hall–Kier alpha value is -0.340. The van der Waals surface area contributed by atoms with E-state index in [0.29, 0.717) is 5.41 Å². The Kier molecular flexibility index (Phi) is 4.04. The van der Waals surface area contributed by atoms with Crippen molar-refractivity contribution in [3.05, 3.63) is 11.6 Å². The van der Waals surface area contributed by atoms with Crippen molar-refractivity contribution in [3.8, 4) is 0 Å². The molecule has 1 heterocycles. The Balaban J connectivity index is 1.65. The minimum Gasteiger partial charge on any atom is -0.350 e. The summed E-state index contributed by atoms with van der Waals surface area (Å²) >= 11 is 0. The number of ether oxygens (including phenoxy) is 2. The van der Waals surface area contributed by atoms with E-state index in [1.54, 1.807) is 5.57 Å². The van der Waals surface area contributed by atoms with Gasteiger partial charge < -0.3 is 9.47 Å². The Morgan fingerprint density at radius 1 is 1.31 bits per heavy atom. The van der Waals surface area contributed by atoms with Crippen molar-refractivity contribution in [1.29, 1.82) is 0 Å². The summed E-state index contributed by atoms with van der Waals surface area (Å²) in [7, 11) is 0. The van der Waals surface area contributed by atoms with E-state index in [4.69, 9.17) is 9.47 Å². The highest BCUT2D eigenvalue weighted by Crippen LogP contribution is 2.35. The largest absolute Gasteiger partial charge is 0.350 e. The molecule has 2 heteroatoms. The topological polar surface area (TPSA) is 18.5 Å². The molecular formula is C14H24O2. The second kappa shape index (κ2) is 5.33. The normalized spacial score (nSPS) is 25.8. The molecule has 1 fully saturated rings. The van der Waals surface area contributed by atoms with Gasteiger partial charge in [-0.3, -0.25) is 0 Å². The summed E-state index contributed by atoms with van der Waals surface area (Å²) in [5.41, 5.74) is 2.18. The third kappa shape index (κ3) is 3.60. The van der Waals surface area contributed by atoms with Crippen LogP contribution in [0.25, 0.3) is 0 Å². The minimum atomic E-state index is 0.0839. The molecule has 2 nitrogen and oxygen atoms in total. The van der Waals surface area contributed by atoms with Gasteiger partial charge >= 0.3 is 0 Å². The van der Waals surface area contributed by atoms with Crippen molar-refractivity contribution >= 4 is 0 Å². The van der Waals surface area contributed by atoms with Crippen molar-refractivity contribution in [1.82, 2.24) is 0 Å². The smallest absolute Gasteiger partial charge is 0.157 e. The Morgan fingerprint density at radius 3 is 2.69 bits per heavy atom. The highest BCUT2D eigenvalue weighted by atomic mass is 16.7. The van der Waals surface area contributed by atoms with Crippen LogP contribution in [0, 0.1) is 5.41 Å². The van der Waals surface area contributed by atoms with Crippen molar-refractivity contribution in [2.45, 2.75) is 58.7 Å². The van der Waals surface area contributed by atoms with Gasteiger partial charge in [0.1, 0.15) is 0 Å². The van der Waals surface area contributed by atoms with E-state index in [2.05, 4.69) is 19.9 Å². The molecular weight excluding hydrogens is 200 g/mol. The molecule has 1 aliphatic heterocycles. The summed E-state index contributed by atoms with van der Waals surface area (Å²) in [5, 5.41) is 0. The molecule has 0 unspecified atom stereocenters. The molecule has 0 N–H and O–H groups in total. The second-order valence-electron chi connectivity index (χ2n) is 5.79. The van der Waals surface area contributed by atoms with Crippen LogP contribution in [-0.4, -0.2) is 19.5 Å². The Bertz CT molecular complexity index is 249. The molecule has 0 aromatic heterocycles. The van der Waals surface area contributed by atoms with Gasteiger partial charge in [0.2, 0.25) is 0 Å². The van der Waals surface area contributed by atoms with Crippen LogP contribution in [0.5, 0.6) is 0 Å². The number of allylic oxidation sites excluding steroid dienone is 2. The number of hydrogen-bond acceptors (Lipinski definition) is 2. The molecule has 0 aromatic rings. The molecule has 92 valence electrons. The quantitative estimate of drug-likeness (QED) is 0.678. The summed E-state index contributed by atoms with van der Waals surface area (Å²) in [5.74, 6) is 0. The first-order chi connectivity index (χ1) is 7.66. The second-order valence-corrected chi connectivity index (χ2v) is 5.79. The van der Waals surface area contributed by atoms with Gasteiger partial charge in [-0.05, 0) is 43.9 Å². The lowest BCUT2D eigenvalue weighted by Gasteiger charge is -2.28. The first kappa shape index (κ1) is 12.1. The predicted molar refractivity (Wildman–Crippen MR) is 65.3 cm³/mol. The van der Waals surface area contributed by atoms with Crippen molar-refractivity contribution in [3.63, 3.8) is 0 Å². The zero-order valence-corrected chi connectivity index (χ0v) is 10.6. The predicted octanol–water partition coefficient (Wildman–Crippen LogP) is 3.67. The van der Waals surface area contributed by atoms with Gasteiger partial charge in [-0.1, -0.05) is 25.5 Å². The molecule has 1 aliphatic carbocycles. The maximum atomic E-state index is 5.43. The lowest BCUT2D eigenvalue weighted by Crippen LogP contribution is -2.14. The van der Waals surface area contributed by atoms with E-state index in [1.165, 1.54) is 32.1 Å². The molecule has 16 heavy (non-hydrogen) atoms. The van der Waals surface area contributed by atoms with Crippen LogP contribution in [0.3, 0.4) is 0 Å². The molecule has 0 amide bonds. The van der Waals surface area contributed by atoms with Gasteiger partial charge in [-0.15, -0.1) is 0 Å². The fraction of sp³-hybridized carbons (Fsp3) is 0.857. The van der Waals surface area contributed by atoms with E-state index in [9.17, 15) is 0 Å². The highest BCUT2D eigenvalue weighted by molar-refractivity contribution is 5.08. The van der Waals surface area contributed by atoms with E-state index >= 15 is 0 Å². The summed E-state index contributed by atoms with van der Waals surface area (Å²) in [6, 6.07) is 0. The zero-order chi connectivity index (χ0) is 11.4. The van der Waals surface area contributed by atoms with Gasteiger partial charge in [0.15, 0.2) is 6.29 Å². The van der Waals surface area contributed by atoms with Gasteiger partial charge in [-0.2, -0.15) is 0 Å². The van der Waals surface area contributed by atoms with Crippen molar-refractivity contribution < 1.29 is 9.47 Å². The van der Waals surface area contributed by atoms with E-state index in [-0.39, 0.29) is 6.29 Å². The number of hydrogen-bond donors (Lipinski definition) is 0. The van der Waals surface area contributed by atoms with Crippen molar-refractivity contribution in [2.75, 3.05) is 13.2 Å². The van der Waals surface area contributed by atoms with Gasteiger partial charge in [-0.25, -0.2) is 0 Å². The summed E-state index contributed by atoms with van der Waals surface area (Å²) in [4.78, 5) is 0. The summed E-state index contributed by atoms with van der Waals surface area (Å²) in [6.07, 6.45) is 9.92. The fourth-order valence-electron chi connectivity index (χ4n) is 2.42. The molecule has 2 rings (SSSR count). The molecule has 0 spiro atoms. The highest BCUT2D eigenvalue weighted by Gasteiger charge is 2.21. The van der Waals surface area contributed by atoms with Gasteiger partial charge in [0, 0.05) is 0 Å².